The van der Waals surface area contributed by atoms with E-state index in [-0.39, 0.29) is 6.04 Å². The zero-order valence-electron chi connectivity index (χ0n) is 11.0. The minimum Gasteiger partial charge on any atom is -0.306 e. The van der Waals surface area contributed by atoms with Crippen molar-refractivity contribution in [2.75, 3.05) is 6.54 Å². The minimum atomic E-state index is 0.152. The molecule has 2 rings (SSSR count). The molecule has 2 heterocycles. The molecule has 0 spiro atoms. The summed E-state index contributed by atoms with van der Waals surface area (Å²) < 4.78 is 4.08. The van der Waals surface area contributed by atoms with E-state index < -0.39 is 0 Å². The fourth-order valence-electron chi connectivity index (χ4n) is 2.01. The Morgan fingerprint density at radius 3 is 2.89 bits per heavy atom. The van der Waals surface area contributed by atoms with Crippen LogP contribution in [0, 0.1) is 6.92 Å². The molecule has 2 aromatic heterocycles. The highest BCUT2D eigenvalue weighted by atomic mass is 32.1. The van der Waals surface area contributed by atoms with Crippen LogP contribution in [0.15, 0.2) is 18.5 Å². The third kappa shape index (κ3) is 2.57. The molecule has 0 aliphatic heterocycles. The van der Waals surface area contributed by atoms with Crippen LogP contribution < -0.4 is 5.32 Å². The first-order valence-corrected chi connectivity index (χ1v) is 7.00. The molecule has 4 nitrogen and oxygen atoms in total. The fraction of sp³-hybridized carbons (Fsp3) is 0.462. The first kappa shape index (κ1) is 13.1. The van der Waals surface area contributed by atoms with Gasteiger partial charge in [0.15, 0.2) is 0 Å². The number of aromatic nitrogens is 3. The van der Waals surface area contributed by atoms with E-state index in [1.54, 1.807) is 0 Å². The summed E-state index contributed by atoms with van der Waals surface area (Å²) in [4.78, 5) is 5.44. The molecule has 0 radical (unpaired) electrons. The Morgan fingerprint density at radius 1 is 1.39 bits per heavy atom. The second-order valence-corrected chi connectivity index (χ2v) is 4.95. The van der Waals surface area contributed by atoms with Crippen LogP contribution >= 0.6 is 11.5 Å². The summed E-state index contributed by atoms with van der Waals surface area (Å²) in [6.45, 7) is 7.24. The SMILES string of the molecule is CCNC(c1cnccc1C)c1snnc1CC. The van der Waals surface area contributed by atoms with Crippen LogP contribution in [0.4, 0.5) is 0 Å². The summed E-state index contributed by atoms with van der Waals surface area (Å²) in [5.41, 5.74) is 3.53. The van der Waals surface area contributed by atoms with Crippen LogP contribution in [0.2, 0.25) is 0 Å². The van der Waals surface area contributed by atoms with Gasteiger partial charge in [-0.3, -0.25) is 4.98 Å². The minimum absolute atomic E-state index is 0.152. The van der Waals surface area contributed by atoms with Crippen molar-refractivity contribution in [2.24, 2.45) is 0 Å². The van der Waals surface area contributed by atoms with Crippen LogP contribution in [-0.4, -0.2) is 21.1 Å². The quantitative estimate of drug-likeness (QED) is 0.899. The van der Waals surface area contributed by atoms with Crippen molar-refractivity contribution in [2.45, 2.75) is 33.2 Å². The molecule has 0 bridgehead atoms. The van der Waals surface area contributed by atoms with Crippen LogP contribution in [0.3, 0.4) is 0 Å². The molecule has 1 unspecified atom stereocenters. The predicted octanol–water partition coefficient (Wildman–Crippen LogP) is 2.50. The molecule has 0 aliphatic rings. The normalized spacial score (nSPS) is 12.6. The molecule has 1 N–H and O–H groups in total. The number of rotatable bonds is 5. The molecule has 0 amide bonds. The summed E-state index contributed by atoms with van der Waals surface area (Å²) in [6.07, 6.45) is 4.67. The second kappa shape index (κ2) is 6.02. The van der Waals surface area contributed by atoms with Crippen LogP contribution in [0.25, 0.3) is 0 Å². The molecule has 2 aromatic rings. The Bertz CT molecular complexity index is 509. The summed E-state index contributed by atoms with van der Waals surface area (Å²) in [5.74, 6) is 0. The molecule has 0 saturated heterocycles. The van der Waals surface area contributed by atoms with Gasteiger partial charge in [0, 0.05) is 12.4 Å². The largest absolute Gasteiger partial charge is 0.306 e. The first-order valence-electron chi connectivity index (χ1n) is 6.22. The molecule has 5 heteroatoms. The van der Waals surface area contributed by atoms with Crippen molar-refractivity contribution in [1.82, 2.24) is 19.9 Å². The third-order valence-corrected chi connectivity index (χ3v) is 3.81. The van der Waals surface area contributed by atoms with Gasteiger partial charge < -0.3 is 5.32 Å². The second-order valence-electron chi connectivity index (χ2n) is 4.16. The zero-order valence-corrected chi connectivity index (χ0v) is 11.8. The van der Waals surface area contributed by atoms with Gasteiger partial charge in [0.05, 0.1) is 16.6 Å². The van der Waals surface area contributed by atoms with Crippen LogP contribution in [0.5, 0.6) is 0 Å². The molecule has 18 heavy (non-hydrogen) atoms. The first-order chi connectivity index (χ1) is 8.77. The lowest BCUT2D eigenvalue weighted by molar-refractivity contribution is 0.628. The van der Waals surface area contributed by atoms with Crippen molar-refractivity contribution in [1.29, 1.82) is 0 Å². The number of nitrogens with one attached hydrogen (secondary N) is 1. The average molecular weight is 262 g/mol. The molecule has 0 aliphatic carbocycles. The Balaban J connectivity index is 2.43. The Labute approximate surface area is 112 Å². The highest BCUT2D eigenvalue weighted by Gasteiger charge is 2.21. The van der Waals surface area contributed by atoms with Gasteiger partial charge in [0.25, 0.3) is 0 Å². The van der Waals surface area contributed by atoms with Crippen LogP contribution in [-0.2, 0) is 6.42 Å². The van der Waals surface area contributed by atoms with E-state index in [4.69, 9.17) is 0 Å². The smallest absolute Gasteiger partial charge is 0.0804 e. The third-order valence-electron chi connectivity index (χ3n) is 2.98. The van der Waals surface area contributed by atoms with Gasteiger partial charge in [0.1, 0.15) is 0 Å². The van der Waals surface area contributed by atoms with Crippen molar-refractivity contribution in [3.8, 4) is 0 Å². The number of pyridine rings is 1. The molecule has 0 fully saturated rings. The molecular formula is C13H18N4S. The highest BCUT2D eigenvalue weighted by Crippen LogP contribution is 2.28. The van der Waals surface area contributed by atoms with Gasteiger partial charge in [0.2, 0.25) is 0 Å². The molecule has 1 atom stereocenters. The summed E-state index contributed by atoms with van der Waals surface area (Å²) in [5, 5.41) is 7.71. The topological polar surface area (TPSA) is 50.7 Å². The number of aryl methyl sites for hydroxylation is 2. The van der Waals surface area contributed by atoms with Crippen molar-refractivity contribution < 1.29 is 0 Å². The van der Waals surface area contributed by atoms with Crippen molar-refractivity contribution in [3.05, 3.63) is 40.2 Å². The monoisotopic (exact) mass is 262 g/mol. The fourth-order valence-corrected chi connectivity index (χ4v) is 2.84. The van der Waals surface area contributed by atoms with Gasteiger partial charge in [-0.15, -0.1) is 5.10 Å². The van der Waals surface area contributed by atoms with E-state index >= 15 is 0 Å². The lowest BCUT2D eigenvalue weighted by Gasteiger charge is -2.18. The number of nitrogens with zero attached hydrogens (tertiary/aromatic N) is 3. The Hall–Kier alpha value is -1.33. The molecule has 96 valence electrons. The van der Waals surface area contributed by atoms with Crippen molar-refractivity contribution in [3.63, 3.8) is 0 Å². The van der Waals surface area contributed by atoms with Crippen molar-refractivity contribution >= 4 is 11.5 Å². The zero-order chi connectivity index (χ0) is 13.0. The van der Waals surface area contributed by atoms with Gasteiger partial charge in [-0.2, -0.15) is 0 Å². The summed E-state index contributed by atoms with van der Waals surface area (Å²) in [7, 11) is 0. The molecular weight excluding hydrogens is 244 g/mol. The lowest BCUT2D eigenvalue weighted by Crippen LogP contribution is -2.23. The van der Waals surface area contributed by atoms with Gasteiger partial charge >= 0.3 is 0 Å². The van der Waals surface area contributed by atoms with E-state index in [2.05, 4.69) is 40.7 Å². The maximum absolute atomic E-state index is 4.24. The highest BCUT2D eigenvalue weighted by molar-refractivity contribution is 7.05. The Kier molecular flexibility index (Phi) is 4.38. The summed E-state index contributed by atoms with van der Waals surface area (Å²) in [6, 6.07) is 2.19. The maximum Gasteiger partial charge on any atom is 0.0804 e. The number of hydrogen-bond acceptors (Lipinski definition) is 5. The number of hydrogen-bond donors (Lipinski definition) is 1. The lowest BCUT2D eigenvalue weighted by atomic mass is 10.0. The molecule has 0 aromatic carbocycles. The van der Waals surface area contributed by atoms with E-state index in [0.717, 1.165) is 18.7 Å². The Morgan fingerprint density at radius 2 is 2.22 bits per heavy atom. The standard InChI is InChI=1S/C13H18N4S/c1-4-11-13(18-17-16-11)12(15-5-2)10-8-14-7-6-9(10)3/h6-8,12,15H,4-5H2,1-3H3. The van der Waals surface area contributed by atoms with E-state index in [9.17, 15) is 0 Å². The van der Waals surface area contributed by atoms with Gasteiger partial charge in [-0.05, 0) is 48.6 Å². The average Bonchev–Trinajstić information content (AvgIpc) is 2.85. The van der Waals surface area contributed by atoms with E-state index in [1.807, 2.05) is 18.5 Å². The van der Waals surface area contributed by atoms with Gasteiger partial charge in [-0.1, -0.05) is 18.3 Å². The molecule has 0 saturated carbocycles. The maximum atomic E-state index is 4.24. The van der Waals surface area contributed by atoms with Crippen LogP contribution in [0.1, 0.15) is 41.6 Å². The van der Waals surface area contributed by atoms with Gasteiger partial charge in [-0.25, -0.2) is 0 Å². The van der Waals surface area contributed by atoms with E-state index in [0.29, 0.717) is 0 Å². The predicted molar refractivity (Wildman–Crippen MR) is 73.8 cm³/mol. The van der Waals surface area contributed by atoms with E-state index in [1.165, 1.54) is 27.5 Å². The summed E-state index contributed by atoms with van der Waals surface area (Å²) >= 11 is 1.47.